The van der Waals surface area contributed by atoms with E-state index in [1.54, 1.807) is 0 Å². The molecule has 0 spiro atoms. The normalized spacial score (nSPS) is 11.4. The third-order valence-electron chi connectivity index (χ3n) is 2.61. The highest BCUT2D eigenvalue weighted by molar-refractivity contribution is 5.73. The van der Waals surface area contributed by atoms with Crippen LogP contribution in [0.4, 0.5) is 39.0 Å². The van der Waals surface area contributed by atoms with E-state index in [0.717, 1.165) is 36.4 Å². The fourth-order valence-corrected chi connectivity index (χ4v) is 1.58. The van der Waals surface area contributed by atoms with Crippen LogP contribution < -0.4 is 11.1 Å². The first-order chi connectivity index (χ1) is 9.29. The van der Waals surface area contributed by atoms with Crippen LogP contribution in [0, 0.1) is 11.6 Å². The fourth-order valence-electron chi connectivity index (χ4n) is 1.58. The van der Waals surface area contributed by atoms with E-state index in [0.29, 0.717) is 0 Å². The molecule has 2 aromatic carbocycles. The number of halogens is 5. The summed E-state index contributed by atoms with van der Waals surface area (Å²) in [5.41, 5.74) is 4.45. The number of anilines is 3. The van der Waals surface area contributed by atoms with Gasteiger partial charge in [-0.2, -0.15) is 13.2 Å². The standard InChI is InChI=1S/C13H9F5N2/c14-9-5-6-10(19)12(11(9)15)20-8-3-1-7(2-4-8)13(16,17)18/h1-6,20H,19H2. The summed E-state index contributed by atoms with van der Waals surface area (Å²) in [6, 6.07) is 5.89. The van der Waals surface area contributed by atoms with Crippen LogP contribution in [0.1, 0.15) is 5.56 Å². The Morgan fingerprint density at radius 2 is 1.50 bits per heavy atom. The highest BCUT2D eigenvalue weighted by atomic mass is 19.4. The van der Waals surface area contributed by atoms with Crippen LogP contribution in [0.2, 0.25) is 0 Å². The lowest BCUT2D eigenvalue weighted by molar-refractivity contribution is -0.137. The summed E-state index contributed by atoms with van der Waals surface area (Å²) in [6.07, 6.45) is -4.46. The van der Waals surface area contributed by atoms with Gasteiger partial charge in [0.1, 0.15) is 5.69 Å². The smallest absolute Gasteiger partial charge is 0.397 e. The molecule has 0 aliphatic rings. The first-order valence-electron chi connectivity index (χ1n) is 5.47. The van der Waals surface area contributed by atoms with Crippen molar-refractivity contribution in [2.24, 2.45) is 0 Å². The first-order valence-corrected chi connectivity index (χ1v) is 5.47. The molecule has 20 heavy (non-hydrogen) atoms. The van der Waals surface area contributed by atoms with Crippen molar-refractivity contribution in [2.75, 3.05) is 11.1 Å². The van der Waals surface area contributed by atoms with Gasteiger partial charge >= 0.3 is 6.18 Å². The van der Waals surface area contributed by atoms with Crippen molar-refractivity contribution in [1.82, 2.24) is 0 Å². The molecule has 0 unspecified atom stereocenters. The molecule has 2 nitrogen and oxygen atoms in total. The van der Waals surface area contributed by atoms with Crippen LogP contribution in [0.25, 0.3) is 0 Å². The van der Waals surface area contributed by atoms with Crippen LogP contribution in [0.5, 0.6) is 0 Å². The van der Waals surface area contributed by atoms with Gasteiger partial charge in [-0.1, -0.05) is 0 Å². The second-order valence-corrected chi connectivity index (χ2v) is 4.03. The summed E-state index contributed by atoms with van der Waals surface area (Å²) in [5.74, 6) is -2.29. The highest BCUT2D eigenvalue weighted by Crippen LogP contribution is 2.32. The zero-order valence-electron chi connectivity index (χ0n) is 9.93. The molecule has 0 heterocycles. The number of nitrogen functional groups attached to an aromatic ring is 1. The summed E-state index contributed by atoms with van der Waals surface area (Å²) in [6.45, 7) is 0. The number of benzene rings is 2. The molecule has 0 radical (unpaired) electrons. The van der Waals surface area contributed by atoms with E-state index in [1.165, 1.54) is 0 Å². The van der Waals surface area contributed by atoms with Gasteiger partial charge in [0.05, 0.1) is 11.3 Å². The van der Waals surface area contributed by atoms with Gasteiger partial charge in [-0.15, -0.1) is 0 Å². The van der Waals surface area contributed by atoms with E-state index in [9.17, 15) is 22.0 Å². The van der Waals surface area contributed by atoms with Gasteiger partial charge in [0, 0.05) is 5.69 Å². The minimum absolute atomic E-state index is 0.0520. The maximum absolute atomic E-state index is 13.5. The molecular weight excluding hydrogens is 279 g/mol. The van der Waals surface area contributed by atoms with Crippen molar-refractivity contribution >= 4 is 17.1 Å². The summed E-state index contributed by atoms with van der Waals surface area (Å²) in [7, 11) is 0. The second kappa shape index (κ2) is 4.99. The number of hydrogen-bond acceptors (Lipinski definition) is 2. The Labute approximate surface area is 111 Å². The number of alkyl halides is 3. The van der Waals surface area contributed by atoms with Gasteiger partial charge in [-0.05, 0) is 36.4 Å². The molecule has 0 amide bonds. The van der Waals surface area contributed by atoms with Gasteiger partial charge in [-0.3, -0.25) is 0 Å². The predicted octanol–water partition coefficient (Wildman–Crippen LogP) is 4.31. The highest BCUT2D eigenvalue weighted by Gasteiger charge is 2.30. The topological polar surface area (TPSA) is 38.0 Å². The SMILES string of the molecule is Nc1ccc(F)c(F)c1Nc1ccc(C(F)(F)F)cc1. The molecule has 0 fully saturated rings. The maximum Gasteiger partial charge on any atom is 0.416 e. The lowest BCUT2D eigenvalue weighted by Crippen LogP contribution is -2.05. The van der Waals surface area contributed by atoms with E-state index >= 15 is 0 Å². The van der Waals surface area contributed by atoms with Crippen LogP contribution >= 0.6 is 0 Å². The Morgan fingerprint density at radius 1 is 0.900 bits per heavy atom. The van der Waals surface area contributed by atoms with Crippen LogP contribution in [0.15, 0.2) is 36.4 Å². The van der Waals surface area contributed by atoms with Gasteiger partial charge < -0.3 is 11.1 Å². The summed E-state index contributed by atoms with van der Waals surface area (Å²) >= 11 is 0. The molecule has 0 aliphatic carbocycles. The molecule has 0 aliphatic heterocycles. The van der Waals surface area contributed by atoms with E-state index in [1.807, 2.05) is 0 Å². The summed E-state index contributed by atoms with van der Waals surface area (Å²) in [5, 5.41) is 2.45. The first kappa shape index (κ1) is 14.1. The molecule has 0 bridgehead atoms. The van der Waals surface area contributed by atoms with Crippen LogP contribution in [-0.4, -0.2) is 0 Å². The molecule has 0 aromatic heterocycles. The Balaban J connectivity index is 2.30. The molecule has 7 heteroatoms. The molecule has 2 rings (SSSR count). The molecule has 106 valence electrons. The maximum atomic E-state index is 13.5. The van der Waals surface area contributed by atoms with Gasteiger partial charge in [0.15, 0.2) is 11.6 Å². The molecular formula is C13H9F5N2. The summed E-state index contributed by atoms with van der Waals surface area (Å²) < 4.78 is 63.7. The Morgan fingerprint density at radius 3 is 2.05 bits per heavy atom. The van der Waals surface area contributed by atoms with Crippen molar-refractivity contribution in [2.45, 2.75) is 6.18 Å². The predicted molar refractivity (Wildman–Crippen MR) is 65.5 cm³/mol. The molecule has 0 saturated heterocycles. The minimum atomic E-state index is -4.46. The third kappa shape index (κ3) is 2.81. The van der Waals surface area contributed by atoms with Crippen molar-refractivity contribution in [1.29, 1.82) is 0 Å². The Hall–Kier alpha value is -2.31. The Kier molecular flexibility index (Phi) is 3.52. The van der Waals surface area contributed by atoms with Gasteiger partial charge in [-0.25, -0.2) is 8.78 Å². The number of rotatable bonds is 2. The quantitative estimate of drug-likeness (QED) is 0.638. The lowest BCUT2D eigenvalue weighted by Gasteiger charge is -2.12. The van der Waals surface area contributed by atoms with Crippen molar-refractivity contribution in [3.63, 3.8) is 0 Å². The Bertz CT molecular complexity index is 620. The third-order valence-corrected chi connectivity index (χ3v) is 2.61. The monoisotopic (exact) mass is 288 g/mol. The van der Waals surface area contributed by atoms with E-state index < -0.39 is 23.4 Å². The van der Waals surface area contributed by atoms with Crippen LogP contribution in [-0.2, 0) is 6.18 Å². The van der Waals surface area contributed by atoms with Gasteiger partial charge in [0.25, 0.3) is 0 Å². The van der Waals surface area contributed by atoms with E-state index in [4.69, 9.17) is 5.73 Å². The average molecular weight is 288 g/mol. The number of nitrogens with one attached hydrogen (secondary N) is 1. The van der Waals surface area contributed by atoms with Gasteiger partial charge in [0.2, 0.25) is 0 Å². The molecule has 0 atom stereocenters. The summed E-state index contributed by atoms with van der Waals surface area (Å²) in [4.78, 5) is 0. The largest absolute Gasteiger partial charge is 0.416 e. The van der Waals surface area contributed by atoms with Crippen molar-refractivity contribution in [3.05, 3.63) is 53.6 Å². The van der Waals surface area contributed by atoms with Crippen molar-refractivity contribution < 1.29 is 22.0 Å². The minimum Gasteiger partial charge on any atom is -0.397 e. The van der Waals surface area contributed by atoms with Crippen molar-refractivity contribution in [3.8, 4) is 0 Å². The zero-order chi connectivity index (χ0) is 14.9. The number of hydrogen-bond donors (Lipinski definition) is 2. The molecule has 3 N–H and O–H groups in total. The number of nitrogens with two attached hydrogens (primary N) is 1. The van der Waals surface area contributed by atoms with Crippen LogP contribution in [0.3, 0.4) is 0 Å². The molecule has 2 aromatic rings. The fraction of sp³-hybridized carbons (Fsp3) is 0.0769. The molecule has 0 saturated carbocycles. The van der Waals surface area contributed by atoms with E-state index in [-0.39, 0.29) is 17.1 Å². The second-order valence-electron chi connectivity index (χ2n) is 4.03. The lowest BCUT2D eigenvalue weighted by atomic mass is 10.2. The average Bonchev–Trinajstić information content (AvgIpc) is 2.39. The van der Waals surface area contributed by atoms with E-state index in [2.05, 4.69) is 5.32 Å². The zero-order valence-corrected chi connectivity index (χ0v) is 9.93.